The molecule has 0 spiro atoms. The van der Waals surface area contributed by atoms with Gasteiger partial charge >= 0.3 is 17.9 Å². The quantitative estimate of drug-likeness (QED) is 0.255. The van der Waals surface area contributed by atoms with Crippen molar-refractivity contribution >= 4 is 17.9 Å². The number of allylic oxidation sites excluding steroid dienone is 4. The molecule has 0 bridgehead atoms. The van der Waals surface area contributed by atoms with Gasteiger partial charge in [-0.3, -0.25) is 4.79 Å². The summed E-state index contributed by atoms with van der Waals surface area (Å²) in [6, 6.07) is 18.3. The van der Waals surface area contributed by atoms with Gasteiger partial charge in [0.1, 0.15) is 18.0 Å². The van der Waals surface area contributed by atoms with E-state index >= 15 is 0 Å². The molecule has 0 aliphatic heterocycles. The van der Waals surface area contributed by atoms with E-state index in [1.807, 2.05) is 43.3 Å². The van der Waals surface area contributed by atoms with Crippen molar-refractivity contribution in [2.75, 3.05) is 0 Å². The number of ether oxygens (including phenoxy) is 3. The molecular weight excluding hydrogens is 540 g/mol. The van der Waals surface area contributed by atoms with Gasteiger partial charge in [-0.05, 0) is 104 Å². The fourth-order valence-corrected chi connectivity index (χ4v) is 8.83. The number of fused-ring (bicyclic) bond motifs is 5. The van der Waals surface area contributed by atoms with E-state index in [1.54, 1.807) is 24.3 Å². The first-order valence-corrected chi connectivity index (χ1v) is 15.7. The van der Waals surface area contributed by atoms with Crippen LogP contribution in [0.15, 0.2) is 83.6 Å². The van der Waals surface area contributed by atoms with Crippen molar-refractivity contribution < 1.29 is 28.6 Å². The molecule has 0 amide bonds. The lowest BCUT2D eigenvalue weighted by atomic mass is 9.51. The molecule has 4 aliphatic carbocycles. The van der Waals surface area contributed by atoms with E-state index in [0.717, 1.165) is 44.3 Å². The lowest BCUT2D eigenvalue weighted by molar-refractivity contribution is -0.138. The van der Waals surface area contributed by atoms with E-state index in [1.165, 1.54) is 18.1 Å². The highest BCUT2D eigenvalue weighted by Crippen LogP contribution is 2.66. The van der Waals surface area contributed by atoms with Crippen molar-refractivity contribution in [3.63, 3.8) is 0 Å². The van der Waals surface area contributed by atoms with E-state index in [9.17, 15) is 14.4 Å². The van der Waals surface area contributed by atoms with Gasteiger partial charge in [-0.25, -0.2) is 9.59 Å². The highest BCUT2D eigenvalue weighted by molar-refractivity contribution is 5.90. The van der Waals surface area contributed by atoms with Crippen LogP contribution in [0.4, 0.5) is 0 Å². The first-order chi connectivity index (χ1) is 20.6. The zero-order valence-corrected chi connectivity index (χ0v) is 25.6. The van der Waals surface area contributed by atoms with E-state index in [2.05, 4.69) is 19.9 Å². The maximum Gasteiger partial charge on any atom is 0.338 e. The van der Waals surface area contributed by atoms with Crippen LogP contribution in [0.25, 0.3) is 0 Å². The van der Waals surface area contributed by atoms with Crippen LogP contribution in [-0.4, -0.2) is 30.1 Å². The standard InChI is InChI=1S/C37H42O6/c1-23(41-34(39)25-11-7-5-8-12-25)30-17-18-31-29-16-15-27-21-28(43-35(40)26-13-9-6-10-14-26)19-20-36(27,3)33(29)32(42-24(2)38)22-37(30,31)4/h5-14,16,23,27-28,30-31H,15,17-22H2,1-4H3/t23-,27+,28+,30+,31-,36-,37-/m0/s1. The summed E-state index contributed by atoms with van der Waals surface area (Å²) in [4.78, 5) is 38.2. The second-order valence-electron chi connectivity index (χ2n) is 13.5. The number of benzene rings is 2. The van der Waals surface area contributed by atoms with E-state index in [-0.39, 0.29) is 52.8 Å². The van der Waals surface area contributed by atoms with Crippen LogP contribution >= 0.6 is 0 Å². The summed E-state index contributed by atoms with van der Waals surface area (Å²) < 4.78 is 18.1. The van der Waals surface area contributed by atoms with Crippen molar-refractivity contribution in [1.29, 1.82) is 0 Å². The third-order valence-corrected chi connectivity index (χ3v) is 10.9. The van der Waals surface area contributed by atoms with Crippen molar-refractivity contribution in [3.05, 3.63) is 94.8 Å². The summed E-state index contributed by atoms with van der Waals surface area (Å²) in [5.41, 5.74) is 3.26. The van der Waals surface area contributed by atoms with Gasteiger partial charge in [0.15, 0.2) is 0 Å². The Morgan fingerprint density at radius 3 is 2.19 bits per heavy atom. The maximum absolute atomic E-state index is 12.9. The molecule has 0 unspecified atom stereocenters. The minimum atomic E-state index is -0.307. The van der Waals surface area contributed by atoms with Crippen LogP contribution in [0.1, 0.15) is 93.4 Å². The molecule has 6 nitrogen and oxygen atoms in total. The lowest BCUT2D eigenvalue weighted by Crippen LogP contribution is -2.47. The van der Waals surface area contributed by atoms with Gasteiger partial charge in [0, 0.05) is 19.3 Å². The van der Waals surface area contributed by atoms with Crippen LogP contribution < -0.4 is 0 Å². The Kier molecular flexibility index (Phi) is 7.82. The third kappa shape index (κ3) is 5.34. The average molecular weight is 583 g/mol. The summed E-state index contributed by atoms with van der Waals surface area (Å²) in [6.07, 6.45) is 7.87. The highest BCUT2D eigenvalue weighted by Gasteiger charge is 2.59. The van der Waals surface area contributed by atoms with Crippen molar-refractivity contribution in [2.24, 2.45) is 28.6 Å². The van der Waals surface area contributed by atoms with Gasteiger partial charge in [-0.15, -0.1) is 0 Å². The number of carbonyl (C=O) groups excluding carboxylic acids is 3. The Hall–Kier alpha value is -3.67. The zero-order chi connectivity index (χ0) is 30.4. The first kappa shape index (κ1) is 29.4. The number of hydrogen-bond acceptors (Lipinski definition) is 6. The summed E-state index contributed by atoms with van der Waals surface area (Å²) in [5, 5.41) is 0. The Labute approximate surface area is 254 Å². The van der Waals surface area contributed by atoms with Gasteiger partial charge in [-0.2, -0.15) is 0 Å². The van der Waals surface area contributed by atoms with Gasteiger partial charge in [-0.1, -0.05) is 56.3 Å². The summed E-state index contributed by atoms with van der Waals surface area (Å²) in [7, 11) is 0. The normalized spacial score (nSPS) is 32.0. The van der Waals surface area contributed by atoms with Crippen LogP contribution in [0.5, 0.6) is 0 Å². The molecule has 2 aromatic rings. The Morgan fingerprint density at radius 2 is 1.53 bits per heavy atom. The average Bonchev–Trinajstić information content (AvgIpc) is 3.34. The van der Waals surface area contributed by atoms with E-state index in [0.29, 0.717) is 23.5 Å². The summed E-state index contributed by atoms with van der Waals surface area (Å²) in [5.74, 6) is 0.619. The molecule has 2 saturated carbocycles. The highest BCUT2D eigenvalue weighted by atomic mass is 16.5. The van der Waals surface area contributed by atoms with Crippen molar-refractivity contribution in [1.82, 2.24) is 0 Å². The minimum absolute atomic E-state index is 0.136. The number of hydrogen-bond donors (Lipinski definition) is 0. The van der Waals surface area contributed by atoms with Gasteiger partial charge in [0.25, 0.3) is 0 Å². The topological polar surface area (TPSA) is 78.9 Å². The van der Waals surface area contributed by atoms with Crippen molar-refractivity contribution in [2.45, 2.75) is 84.8 Å². The molecule has 226 valence electrons. The second-order valence-corrected chi connectivity index (χ2v) is 13.5. The number of rotatable bonds is 6. The lowest BCUT2D eigenvalue weighted by Gasteiger charge is -2.54. The molecule has 0 aromatic heterocycles. The molecule has 0 N–H and O–H groups in total. The van der Waals surface area contributed by atoms with E-state index < -0.39 is 0 Å². The van der Waals surface area contributed by atoms with E-state index in [4.69, 9.17) is 14.2 Å². The van der Waals surface area contributed by atoms with Crippen LogP contribution in [0, 0.1) is 28.6 Å². The molecule has 6 rings (SSSR count). The van der Waals surface area contributed by atoms with Crippen molar-refractivity contribution in [3.8, 4) is 0 Å². The van der Waals surface area contributed by atoms with Gasteiger partial charge in [0.05, 0.1) is 11.1 Å². The molecule has 4 aliphatic rings. The van der Waals surface area contributed by atoms with Gasteiger partial charge in [0.2, 0.25) is 0 Å². The molecule has 2 aromatic carbocycles. The largest absolute Gasteiger partial charge is 0.459 e. The molecule has 6 heteroatoms. The van der Waals surface area contributed by atoms with Crippen LogP contribution in [0.3, 0.4) is 0 Å². The Morgan fingerprint density at radius 1 is 0.884 bits per heavy atom. The Bertz CT molecular complexity index is 1460. The molecular formula is C37H42O6. The molecule has 0 heterocycles. The third-order valence-electron chi connectivity index (χ3n) is 10.9. The monoisotopic (exact) mass is 582 g/mol. The summed E-state index contributed by atoms with van der Waals surface area (Å²) >= 11 is 0. The second kappa shape index (κ2) is 11.4. The number of carbonyl (C=O) groups is 3. The fourth-order valence-electron chi connectivity index (χ4n) is 8.83. The maximum atomic E-state index is 12.9. The minimum Gasteiger partial charge on any atom is -0.459 e. The first-order valence-electron chi connectivity index (χ1n) is 15.7. The molecule has 43 heavy (non-hydrogen) atoms. The molecule has 7 atom stereocenters. The van der Waals surface area contributed by atoms with Crippen LogP contribution in [0.2, 0.25) is 0 Å². The predicted octanol–water partition coefficient (Wildman–Crippen LogP) is 7.85. The summed E-state index contributed by atoms with van der Waals surface area (Å²) in [6.45, 7) is 8.09. The predicted molar refractivity (Wildman–Crippen MR) is 163 cm³/mol. The molecule has 2 fully saturated rings. The molecule has 0 saturated heterocycles. The van der Waals surface area contributed by atoms with Gasteiger partial charge < -0.3 is 14.2 Å². The molecule has 0 radical (unpaired) electrons. The Balaban J connectivity index is 1.25. The fraction of sp³-hybridized carbons (Fsp3) is 0.486. The van der Waals surface area contributed by atoms with Crippen LogP contribution in [-0.2, 0) is 19.0 Å². The zero-order valence-electron chi connectivity index (χ0n) is 25.6. The SMILES string of the molecule is CC(=O)OC1=C2C(=CC[C@@H]3C[C@H](OC(=O)c4ccccc4)CC[C@]23C)[C@@H]2CC[C@H]([C@H](C)OC(=O)c3ccccc3)[C@]2(C)C1. The number of esters is 3. The smallest absolute Gasteiger partial charge is 0.338 e.